The molecular weight excluding hydrogens is 334 g/mol. The number of anilines is 1. The maximum Gasteiger partial charge on any atom is 0.255 e. The second-order valence-electron chi connectivity index (χ2n) is 8.65. The second-order valence-corrected chi connectivity index (χ2v) is 8.65. The van der Waals surface area contributed by atoms with Gasteiger partial charge in [-0.05, 0) is 31.2 Å². The zero-order valence-corrected chi connectivity index (χ0v) is 16.4. The highest BCUT2D eigenvalue weighted by Gasteiger charge is 2.24. The van der Waals surface area contributed by atoms with Crippen molar-refractivity contribution in [2.45, 2.75) is 59.3 Å². The largest absolute Gasteiger partial charge is 0.322 e. The van der Waals surface area contributed by atoms with Gasteiger partial charge in [-0.1, -0.05) is 41.5 Å². The molecule has 1 amide bonds. The summed E-state index contributed by atoms with van der Waals surface area (Å²) in [6.45, 7) is 13.5. The summed E-state index contributed by atoms with van der Waals surface area (Å²) >= 11 is 0. The van der Waals surface area contributed by atoms with Gasteiger partial charge in [-0.25, -0.2) is 8.78 Å². The van der Waals surface area contributed by atoms with Crippen molar-refractivity contribution in [2.24, 2.45) is 0 Å². The summed E-state index contributed by atoms with van der Waals surface area (Å²) in [7, 11) is 0. The Morgan fingerprint density at radius 2 is 1.31 bits per heavy atom. The number of nitrogens with zero attached hydrogens (tertiary/aromatic N) is 1. The van der Waals surface area contributed by atoms with Gasteiger partial charge in [-0.2, -0.15) is 0 Å². The van der Waals surface area contributed by atoms with Gasteiger partial charge in [0, 0.05) is 39.0 Å². The Morgan fingerprint density at radius 3 is 1.69 bits per heavy atom. The highest BCUT2D eigenvalue weighted by atomic mass is 19.1. The SMILES string of the molecule is Cc1c(F)cc(NC(=O)c2cc(C(C)(C)C)nc(C(C)(C)C)c2)cc1F. The van der Waals surface area contributed by atoms with Crippen LogP contribution in [-0.2, 0) is 10.8 Å². The quantitative estimate of drug-likeness (QED) is 0.767. The van der Waals surface area contributed by atoms with E-state index < -0.39 is 17.5 Å². The number of halogens is 2. The first-order valence-corrected chi connectivity index (χ1v) is 8.59. The molecule has 0 spiro atoms. The third-order valence-electron chi connectivity index (χ3n) is 4.16. The molecule has 2 aromatic rings. The first-order valence-electron chi connectivity index (χ1n) is 8.59. The van der Waals surface area contributed by atoms with Crippen LogP contribution in [0, 0.1) is 18.6 Å². The van der Waals surface area contributed by atoms with Crippen LogP contribution in [0.1, 0.15) is 68.9 Å². The molecule has 3 nitrogen and oxygen atoms in total. The van der Waals surface area contributed by atoms with E-state index in [0.29, 0.717) is 5.56 Å². The lowest BCUT2D eigenvalue weighted by Gasteiger charge is -2.24. The fourth-order valence-corrected chi connectivity index (χ4v) is 2.35. The predicted octanol–water partition coefficient (Wildman–Crippen LogP) is 5.52. The number of carbonyl (C=O) groups excluding carboxylic acids is 1. The minimum atomic E-state index is -0.694. The second kappa shape index (κ2) is 6.78. The van der Waals surface area contributed by atoms with Crippen LogP contribution in [0.15, 0.2) is 24.3 Å². The van der Waals surface area contributed by atoms with Gasteiger partial charge in [0.25, 0.3) is 5.91 Å². The van der Waals surface area contributed by atoms with Gasteiger partial charge in [0.2, 0.25) is 0 Å². The van der Waals surface area contributed by atoms with Gasteiger partial charge in [0.1, 0.15) is 11.6 Å². The van der Waals surface area contributed by atoms with E-state index in [1.54, 1.807) is 12.1 Å². The van der Waals surface area contributed by atoms with Crippen LogP contribution in [0.3, 0.4) is 0 Å². The lowest BCUT2D eigenvalue weighted by Crippen LogP contribution is -2.23. The molecule has 0 aliphatic rings. The molecule has 140 valence electrons. The fraction of sp³-hybridized carbons (Fsp3) is 0.429. The topological polar surface area (TPSA) is 42.0 Å². The molecule has 0 saturated heterocycles. The van der Waals surface area contributed by atoms with Crippen molar-refractivity contribution in [1.82, 2.24) is 4.98 Å². The van der Waals surface area contributed by atoms with Crippen LogP contribution in [0.5, 0.6) is 0 Å². The zero-order valence-electron chi connectivity index (χ0n) is 16.4. The van der Waals surface area contributed by atoms with Crippen LogP contribution in [0.4, 0.5) is 14.5 Å². The van der Waals surface area contributed by atoms with Crippen molar-refractivity contribution >= 4 is 11.6 Å². The number of amides is 1. The van der Waals surface area contributed by atoms with E-state index >= 15 is 0 Å². The normalized spacial score (nSPS) is 12.2. The van der Waals surface area contributed by atoms with E-state index in [9.17, 15) is 13.6 Å². The maximum atomic E-state index is 13.7. The molecule has 0 aliphatic heterocycles. The number of benzene rings is 1. The van der Waals surface area contributed by atoms with Crippen LogP contribution in [0.2, 0.25) is 0 Å². The van der Waals surface area contributed by atoms with Crippen molar-refractivity contribution in [1.29, 1.82) is 0 Å². The van der Waals surface area contributed by atoms with Crippen LogP contribution in [-0.4, -0.2) is 10.9 Å². The Morgan fingerprint density at radius 1 is 0.885 bits per heavy atom. The number of nitrogens with one attached hydrogen (secondary N) is 1. The molecule has 0 bridgehead atoms. The van der Waals surface area contributed by atoms with E-state index in [4.69, 9.17) is 4.98 Å². The van der Waals surface area contributed by atoms with Crippen LogP contribution >= 0.6 is 0 Å². The molecule has 2 rings (SSSR count). The van der Waals surface area contributed by atoms with Crippen molar-refractivity contribution < 1.29 is 13.6 Å². The molecule has 26 heavy (non-hydrogen) atoms. The average molecular weight is 360 g/mol. The fourth-order valence-electron chi connectivity index (χ4n) is 2.35. The Kier molecular flexibility index (Phi) is 5.22. The van der Waals surface area contributed by atoms with Crippen molar-refractivity contribution in [3.63, 3.8) is 0 Å². The molecule has 1 heterocycles. The van der Waals surface area contributed by atoms with E-state index in [1.807, 2.05) is 41.5 Å². The molecule has 5 heteroatoms. The van der Waals surface area contributed by atoms with E-state index in [-0.39, 0.29) is 22.1 Å². The summed E-state index contributed by atoms with van der Waals surface area (Å²) in [4.78, 5) is 17.4. The first kappa shape index (κ1) is 20.0. The van der Waals surface area contributed by atoms with Gasteiger partial charge in [0.15, 0.2) is 0 Å². The highest BCUT2D eigenvalue weighted by molar-refractivity contribution is 6.04. The lowest BCUT2D eigenvalue weighted by atomic mass is 9.86. The van der Waals surface area contributed by atoms with Gasteiger partial charge in [0.05, 0.1) is 0 Å². The molecule has 0 saturated carbocycles. The van der Waals surface area contributed by atoms with Crippen molar-refractivity contribution in [3.05, 3.63) is 58.4 Å². The summed E-state index contributed by atoms with van der Waals surface area (Å²) in [5.41, 5.74) is 1.53. The predicted molar refractivity (Wildman–Crippen MR) is 101 cm³/mol. The Labute approximate surface area is 153 Å². The number of carbonyl (C=O) groups is 1. The summed E-state index contributed by atoms with van der Waals surface area (Å²) in [6.07, 6.45) is 0. The molecule has 0 atom stereocenters. The number of rotatable bonds is 2. The maximum absolute atomic E-state index is 13.7. The lowest BCUT2D eigenvalue weighted by molar-refractivity contribution is 0.102. The van der Waals surface area contributed by atoms with E-state index in [2.05, 4.69) is 5.32 Å². The summed E-state index contributed by atoms with van der Waals surface area (Å²) in [5, 5.41) is 2.58. The van der Waals surface area contributed by atoms with Crippen molar-refractivity contribution in [3.8, 4) is 0 Å². The molecule has 0 fully saturated rings. The standard InChI is InChI=1S/C21H26F2N2O/c1-12-15(22)10-14(11-16(12)23)24-19(26)13-8-17(20(2,3)4)25-18(9-13)21(5,6)7/h8-11H,1-7H3,(H,24,26). The molecule has 1 aromatic heterocycles. The number of aromatic nitrogens is 1. The smallest absolute Gasteiger partial charge is 0.255 e. The average Bonchev–Trinajstić information content (AvgIpc) is 2.50. The van der Waals surface area contributed by atoms with Gasteiger partial charge < -0.3 is 5.32 Å². The molecule has 0 aliphatic carbocycles. The Bertz CT molecular complexity index is 791. The van der Waals surface area contributed by atoms with E-state index in [1.165, 1.54) is 6.92 Å². The number of hydrogen-bond acceptors (Lipinski definition) is 2. The molecule has 0 radical (unpaired) electrons. The van der Waals surface area contributed by atoms with Crippen LogP contribution < -0.4 is 5.32 Å². The molecular formula is C21H26F2N2O. The van der Waals surface area contributed by atoms with E-state index in [0.717, 1.165) is 23.5 Å². The molecule has 1 aromatic carbocycles. The third-order valence-corrected chi connectivity index (χ3v) is 4.16. The minimum Gasteiger partial charge on any atom is -0.322 e. The molecule has 0 unspecified atom stereocenters. The van der Waals surface area contributed by atoms with Crippen molar-refractivity contribution in [2.75, 3.05) is 5.32 Å². The van der Waals surface area contributed by atoms with Gasteiger partial charge >= 0.3 is 0 Å². The highest BCUT2D eigenvalue weighted by Crippen LogP contribution is 2.28. The first-order chi connectivity index (χ1) is 11.8. The van der Waals surface area contributed by atoms with Gasteiger partial charge in [-0.3, -0.25) is 9.78 Å². The van der Waals surface area contributed by atoms with Crippen LogP contribution in [0.25, 0.3) is 0 Å². The number of hydrogen-bond donors (Lipinski definition) is 1. The Balaban J connectivity index is 2.45. The summed E-state index contributed by atoms with van der Waals surface area (Å²) < 4.78 is 27.5. The summed E-state index contributed by atoms with van der Waals surface area (Å²) in [6, 6.07) is 5.69. The Hall–Kier alpha value is -2.30. The molecule has 1 N–H and O–H groups in total. The monoisotopic (exact) mass is 360 g/mol. The third kappa shape index (κ3) is 4.45. The van der Waals surface area contributed by atoms with Gasteiger partial charge in [-0.15, -0.1) is 0 Å². The summed E-state index contributed by atoms with van der Waals surface area (Å²) in [5.74, 6) is -1.81. The minimum absolute atomic E-state index is 0.0723. The number of pyridine rings is 1. The zero-order chi connectivity index (χ0) is 19.9.